The number of aromatic nitrogens is 4. The summed E-state index contributed by atoms with van der Waals surface area (Å²) in [5, 5.41) is 8.96. The maximum absolute atomic E-state index is 12.7. The third kappa shape index (κ3) is 5.88. The van der Waals surface area contributed by atoms with Crippen LogP contribution in [0.1, 0.15) is 49.2 Å². The highest BCUT2D eigenvalue weighted by Crippen LogP contribution is 2.29. The van der Waals surface area contributed by atoms with E-state index in [0.717, 1.165) is 35.5 Å². The van der Waals surface area contributed by atoms with Gasteiger partial charge in [0.15, 0.2) is 5.69 Å². The summed E-state index contributed by atoms with van der Waals surface area (Å²) in [6, 6.07) is 11.5. The molecular weight excluding hydrogens is 503 g/mol. The number of H-pyrrole nitrogens is 1. The van der Waals surface area contributed by atoms with Crippen molar-refractivity contribution in [3.8, 4) is 0 Å². The van der Waals surface area contributed by atoms with Crippen LogP contribution in [-0.2, 0) is 12.6 Å². The average molecular weight is 525 g/mol. The molecule has 0 bridgehead atoms. The van der Waals surface area contributed by atoms with Gasteiger partial charge in [-0.2, -0.15) is 18.3 Å². The van der Waals surface area contributed by atoms with E-state index in [4.69, 9.17) is 5.73 Å². The molecule has 0 unspecified atom stereocenters. The summed E-state index contributed by atoms with van der Waals surface area (Å²) in [5.41, 5.74) is 7.03. The number of nitrogens with one attached hydrogen (secondary N) is 3. The van der Waals surface area contributed by atoms with Crippen molar-refractivity contribution >= 4 is 29.4 Å². The molecule has 10 nitrogen and oxygen atoms in total. The van der Waals surface area contributed by atoms with Crippen LogP contribution in [-0.4, -0.2) is 37.6 Å². The Morgan fingerprint density at radius 3 is 2.21 bits per heavy atom. The number of carbonyl (C=O) groups is 3. The van der Waals surface area contributed by atoms with Crippen LogP contribution < -0.4 is 16.4 Å². The summed E-state index contributed by atoms with van der Waals surface area (Å²) < 4.78 is 39.5. The molecule has 13 heteroatoms. The van der Waals surface area contributed by atoms with Crippen LogP contribution in [0.5, 0.6) is 0 Å². The van der Waals surface area contributed by atoms with E-state index in [-0.39, 0.29) is 29.5 Å². The molecule has 0 radical (unpaired) electrons. The van der Waals surface area contributed by atoms with Gasteiger partial charge in [0.2, 0.25) is 0 Å². The Balaban J connectivity index is 1.44. The molecule has 5 N–H and O–H groups in total. The number of anilines is 2. The highest BCUT2D eigenvalue weighted by molar-refractivity contribution is 6.04. The van der Waals surface area contributed by atoms with Crippen molar-refractivity contribution in [2.75, 3.05) is 10.6 Å². The van der Waals surface area contributed by atoms with E-state index in [1.54, 1.807) is 44.2 Å². The van der Waals surface area contributed by atoms with Crippen LogP contribution in [0.25, 0.3) is 0 Å². The second-order valence-electron chi connectivity index (χ2n) is 8.44. The van der Waals surface area contributed by atoms with Crippen LogP contribution in [0.4, 0.5) is 29.5 Å². The summed E-state index contributed by atoms with van der Waals surface area (Å²) in [5.74, 6) is -0.945. The molecule has 0 aliphatic heterocycles. The standard InChI is InChI=1S/C25H22F3N7O3/c1-13-11-14(2)35(34-13)23(37)16-5-3-15(4-6-16)12-19-31-20(21(29)36)22(32-19)33-24(38)30-18-9-7-17(8-10-18)25(26,27)28/h3-11H,12H2,1-2H3,(H2,29,36)(H,31,32)(H2,30,33,38). The van der Waals surface area contributed by atoms with Gasteiger partial charge in [-0.25, -0.2) is 14.5 Å². The van der Waals surface area contributed by atoms with Crippen molar-refractivity contribution in [3.05, 3.63) is 94.2 Å². The molecule has 0 saturated heterocycles. The number of amides is 3. The molecule has 2 aromatic carbocycles. The van der Waals surface area contributed by atoms with Gasteiger partial charge in [-0.3, -0.25) is 14.9 Å². The fourth-order valence-electron chi connectivity index (χ4n) is 3.71. The highest BCUT2D eigenvalue weighted by Gasteiger charge is 2.30. The molecule has 0 aliphatic carbocycles. The number of urea groups is 1. The van der Waals surface area contributed by atoms with E-state index in [1.165, 1.54) is 4.68 Å². The maximum Gasteiger partial charge on any atom is 0.416 e. The zero-order chi connectivity index (χ0) is 27.6. The Morgan fingerprint density at radius 2 is 1.66 bits per heavy atom. The zero-order valence-electron chi connectivity index (χ0n) is 20.2. The number of aromatic amines is 1. The van der Waals surface area contributed by atoms with E-state index in [9.17, 15) is 27.6 Å². The number of primary amides is 1. The SMILES string of the molecule is Cc1cc(C)n(C(=O)c2ccc(Cc3nc(C(N)=O)c(NC(=O)Nc4ccc(C(F)(F)F)cc4)[nH]3)cc2)n1. The Bertz CT molecular complexity index is 1500. The number of imidazole rings is 1. The molecule has 0 aliphatic rings. The first kappa shape index (κ1) is 26.1. The van der Waals surface area contributed by atoms with Crippen molar-refractivity contribution in [1.82, 2.24) is 19.7 Å². The minimum absolute atomic E-state index is 0.0757. The summed E-state index contributed by atoms with van der Waals surface area (Å²) in [7, 11) is 0. The smallest absolute Gasteiger partial charge is 0.364 e. The van der Waals surface area contributed by atoms with Gasteiger partial charge in [-0.15, -0.1) is 0 Å². The summed E-state index contributed by atoms with van der Waals surface area (Å²) in [4.78, 5) is 43.9. The van der Waals surface area contributed by atoms with Crippen molar-refractivity contribution in [1.29, 1.82) is 0 Å². The lowest BCUT2D eigenvalue weighted by Gasteiger charge is -2.09. The number of rotatable bonds is 6. The summed E-state index contributed by atoms with van der Waals surface area (Å²) in [6.07, 6.45) is -4.28. The number of hydrogen-bond donors (Lipinski definition) is 4. The van der Waals surface area contributed by atoms with E-state index in [0.29, 0.717) is 17.1 Å². The maximum atomic E-state index is 12.7. The van der Waals surface area contributed by atoms with Gasteiger partial charge < -0.3 is 16.0 Å². The molecular formula is C25H22F3N7O3. The third-order valence-electron chi connectivity index (χ3n) is 5.47. The number of nitrogens with zero attached hydrogens (tertiary/aromatic N) is 3. The van der Waals surface area contributed by atoms with Gasteiger partial charge in [-0.05, 0) is 61.9 Å². The van der Waals surface area contributed by atoms with E-state index < -0.39 is 23.7 Å². The minimum atomic E-state index is -4.50. The predicted octanol–water partition coefficient (Wildman–Crippen LogP) is 4.26. The third-order valence-corrected chi connectivity index (χ3v) is 5.47. The predicted molar refractivity (Wildman–Crippen MR) is 132 cm³/mol. The Morgan fingerprint density at radius 1 is 1.00 bits per heavy atom. The van der Waals surface area contributed by atoms with Crippen molar-refractivity contribution < 1.29 is 27.6 Å². The fourth-order valence-corrected chi connectivity index (χ4v) is 3.71. The van der Waals surface area contributed by atoms with Crippen molar-refractivity contribution in [2.45, 2.75) is 26.4 Å². The summed E-state index contributed by atoms with van der Waals surface area (Å²) in [6.45, 7) is 3.58. The first-order chi connectivity index (χ1) is 17.9. The molecule has 0 saturated carbocycles. The normalized spacial score (nSPS) is 11.3. The molecule has 3 amide bonds. The second-order valence-corrected chi connectivity index (χ2v) is 8.44. The van der Waals surface area contributed by atoms with Crippen LogP contribution >= 0.6 is 0 Å². The monoisotopic (exact) mass is 525 g/mol. The second kappa shape index (κ2) is 10.2. The van der Waals surface area contributed by atoms with Gasteiger partial charge in [0.25, 0.3) is 11.8 Å². The molecule has 38 heavy (non-hydrogen) atoms. The van der Waals surface area contributed by atoms with E-state index in [1.807, 2.05) is 0 Å². The molecule has 0 atom stereocenters. The van der Waals surface area contributed by atoms with Crippen LogP contribution in [0, 0.1) is 13.8 Å². The average Bonchev–Trinajstić information content (AvgIpc) is 3.40. The highest BCUT2D eigenvalue weighted by atomic mass is 19.4. The topological polar surface area (TPSA) is 148 Å². The van der Waals surface area contributed by atoms with Crippen LogP contribution in [0.3, 0.4) is 0 Å². The van der Waals surface area contributed by atoms with Crippen LogP contribution in [0.2, 0.25) is 0 Å². The molecule has 2 aromatic heterocycles. The number of hydrogen-bond acceptors (Lipinski definition) is 5. The largest absolute Gasteiger partial charge is 0.416 e. The van der Waals surface area contributed by atoms with Gasteiger partial charge in [0.1, 0.15) is 11.6 Å². The number of aryl methyl sites for hydroxylation is 2. The fraction of sp³-hybridized carbons (Fsp3) is 0.160. The molecule has 4 rings (SSSR count). The lowest BCUT2D eigenvalue weighted by molar-refractivity contribution is -0.137. The molecule has 2 heterocycles. The molecule has 4 aromatic rings. The zero-order valence-corrected chi connectivity index (χ0v) is 20.2. The Kier molecular flexibility index (Phi) is 7.02. The van der Waals surface area contributed by atoms with Gasteiger partial charge >= 0.3 is 12.2 Å². The van der Waals surface area contributed by atoms with Crippen molar-refractivity contribution in [2.24, 2.45) is 5.73 Å². The van der Waals surface area contributed by atoms with E-state index in [2.05, 4.69) is 25.7 Å². The quantitative estimate of drug-likeness (QED) is 0.297. The van der Waals surface area contributed by atoms with Crippen molar-refractivity contribution in [3.63, 3.8) is 0 Å². The number of alkyl halides is 3. The van der Waals surface area contributed by atoms with Crippen LogP contribution in [0.15, 0.2) is 54.6 Å². The molecule has 0 fully saturated rings. The lowest BCUT2D eigenvalue weighted by Crippen LogP contribution is -2.22. The lowest BCUT2D eigenvalue weighted by atomic mass is 10.1. The van der Waals surface area contributed by atoms with E-state index >= 15 is 0 Å². The minimum Gasteiger partial charge on any atom is -0.364 e. The first-order valence-corrected chi connectivity index (χ1v) is 11.2. The molecule has 0 spiro atoms. The molecule has 196 valence electrons. The Hall–Kier alpha value is -4.94. The summed E-state index contributed by atoms with van der Waals surface area (Å²) >= 11 is 0. The number of nitrogens with two attached hydrogens (primary N) is 1. The number of carbonyl (C=O) groups excluding carboxylic acids is 3. The van der Waals surface area contributed by atoms with Gasteiger partial charge in [-0.1, -0.05) is 12.1 Å². The first-order valence-electron chi connectivity index (χ1n) is 11.2. The van der Waals surface area contributed by atoms with Gasteiger partial charge in [0, 0.05) is 23.4 Å². The van der Waals surface area contributed by atoms with Gasteiger partial charge in [0.05, 0.1) is 11.3 Å². The number of halogens is 3. The Labute approximate surface area is 214 Å². The number of benzene rings is 2.